The minimum absolute atomic E-state index is 0.0458. The number of likely N-dealkylation sites (tertiary alicyclic amines) is 1. The lowest BCUT2D eigenvalue weighted by atomic mass is 10.1. The number of rotatable bonds is 4. The van der Waals surface area contributed by atoms with Crippen LogP contribution in [0.15, 0.2) is 24.3 Å². The molecule has 1 aromatic heterocycles. The first-order valence-electron chi connectivity index (χ1n) is 8.06. The molecule has 5 heteroatoms. The van der Waals surface area contributed by atoms with Gasteiger partial charge in [0.05, 0.1) is 5.52 Å². The average Bonchev–Trinajstić information content (AvgIpc) is 3.06. The van der Waals surface area contributed by atoms with E-state index in [-0.39, 0.29) is 5.91 Å². The molecule has 1 amide bonds. The Morgan fingerprint density at radius 2 is 2.14 bits per heavy atom. The minimum Gasteiger partial charge on any atom is -0.335 e. The molecule has 0 spiro atoms. The molecule has 1 saturated heterocycles. The summed E-state index contributed by atoms with van der Waals surface area (Å²) in [6, 6.07) is 8.29. The predicted molar refractivity (Wildman–Crippen MR) is 87.9 cm³/mol. The van der Waals surface area contributed by atoms with Gasteiger partial charge in [0, 0.05) is 31.6 Å². The second-order valence-corrected chi connectivity index (χ2v) is 6.24. The van der Waals surface area contributed by atoms with Gasteiger partial charge in [0.2, 0.25) is 0 Å². The highest BCUT2D eigenvalue weighted by Gasteiger charge is 2.33. The van der Waals surface area contributed by atoms with Crippen LogP contribution in [0.1, 0.15) is 30.8 Å². The molecule has 3 rings (SSSR count). The fourth-order valence-corrected chi connectivity index (χ4v) is 3.25. The van der Waals surface area contributed by atoms with E-state index in [0.717, 1.165) is 37.0 Å². The largest absolute Gasteiger partial charge is 0.335 e. The Kier molecular flexibility index (Phi) is 4.16. The number of carbonyl (C=O) groups excluding carboxylic acids is 1. The Hall–Kier alpha value is -1.88. The number of para-hydroxylation sites is 1. The lowest BCUT2D eigenvalue weighted by Gasteiger charge is -2.16. The molecule has 1 N–H and O–H groups in total. The summed E-state index contributed by atoms with van der Waals surface area (Å²) in [7, 11) is 1.89. The zero-order chi connectivity index (χ0) is 15.7. The van der Waals surface area contributed by atoms with Gasteiger partial charge in [-0.1, -0.05) is 32.0 Å². The number of aromatic nitrogens is 2. The fourth-order valence-electron chi connectivity index (χ4n) is 3.25. The number of nitrogens with zero attached hydrogens (tertiary/aromatic N) is 3. The Morgan fingerprint density at radius 3 is 2.91 bits per heavy atom. The number of nitrogens with one attached hydrogen (secondary N) is 1. The summed E-state index contributed by atoms with van der Waals surface area (Å²) in [5.41, 5.74) is 1.57. The molecule has 1 fully saturated rings. The fraction of sp³-hybridized carbons (Fsp3) is 0.529. The summed E-state index contributed by atoms with van der Waals surface area (Å²) in [5, 5.41) is 8.93. The van der Waals surface area contributed by atoms with E-state index < -0.39 is 0 Å². The summed E-state index contributed by atoms with van der Waals surface area (Å²) in [6.07, 6.45) is 1.11. The molecule has 0 aliphatic carbocycles. The molecule has 2 aromatic rings. The van der Waals surface area contributed by atoms with E-state index >= 15 is 0 Å². The molecule has 5 nitrogen and oxygen atoms in total. The van der Waals surface area contributed by atoms with Gasteiger partial charge in [-0.05, 0) is 24.9 Å². The van der Waals surface area contributed by atoms with Gasteiger partial charge in [0.15, 0.2) is 5.69 Å². The second-order valence-electron chi connectivity index (χ2n) is 6.24. The highest BCUT2D eigenvalue weighted by Crippen LogP contribution is 2.23. The number of hydrogen-bond donors (Lipinski definition) is 1. The monoisotopic (exact) mass is 300 g/mol. The molecular weight excluding hydrogens is 276 g/mol. The van der Waals surface area contributed by atoms with Crippen molar-refractivity contribution in [3.63, 3.8) is 0 Å². The first-order chi connectivity index (χ1) is 10.6. The van der Waals surface area contributed by atoms with Crippen molar-refractivity contribution >= 4 is 16.8 Å². The molecule has 0 bridgehead atoms. The van der Waals surface area contributed by atoms with E-state index in [4.69, 9.17) is 0 Å². The van der Waals surface area contributed by atoms with Crippen molar-refractivity contribution in [1.29, 1.82) is 0 Å². The predicted octanol–water partition coefficient (Wildman–Crippen LogP) is 2.03. The van der Waals surface area contributed by atoms with Crippen LogP contribution in [0.25, 0.3) is 10.9 Å². The van der Waals surface area contributed by atoms with Crippen molar-refractivity contribution in [2.24, 2.45) is 13.0 Å². The highest BCUT2D eigenvalue weighted by atomic mass is 16.2. The van der Waals surface area contributed by atoms with E-state index in [1.54, 1.807) is 4.68 Å². The molecule has 22 heavy (non-hydrogen) atoms. The third-order valence-electron chi connectivity index (χ3n) is 4.52. The zero-order valence-corrected chi connectivity index (χ0v) is 13.5. The standard InChI is InChI=1S/C17H24N4O/c1-4-9-18-14-11-21(10-12(14)2)17(22)16-13-7-5-6-8-15(13)20(3)19-16/h5-8,12,14,18H,4,9-11H2,1-3H3/t12-,14+/m0/s1. The molecule has 1 aliphatic rings. The van der Waals surface area contributed by atoms with E-state index in [1.165, 1.54) is 0 Å². The zero-order valence-electron chi connectivity index (χ0n) is 13.5. The van der Waals surface area contributed by atoms with Crippen LogP contribution in [0.3, 0.4) is 0 Å². The van der Waals surface area contributed by atoms with Crippen LogP contribution in [0.4, 0.5) is 0 Å². The molecule has 2 atom stereocenters. The van der Waals surface area contributed by atoms with Crippen molar-refractivity contribution in [2.75, 3.05) is 19.6 Å². The maximum Gasteiger partial charge on any atom is 0.275 e. The van der Waals surface area contributed by atoms with E-state index in [9.17, 15) is 4.79 Å². The smallest absolute Gasteiger partial charge is 0.275 e. The van der Waals surface area contributed by atoms with E-state index in [2.05, 4.69) is 24.3 Å². The Morgan fingerprint density at radius 1 is 1.36 bits per heavy atom. The van der Waals surface area contributed by atoms with Crippen molar-refractivity contribution < 1.29 is 4.79 Å². The van der Waals surface area contributed by atoms with Gasteiger partial charge < -0.3 is 10.2 Å². The first-order valence-corrected chi connectivity index (χ1v) is 8.06. The number of fused-ring (bicyclic) bond motifs is 1. The summed E-state index contributed by atoms with van der Waals surface area (Å²) in [6.45, 7) is 6.94. The second kappa shape index (κ2) is 6.08. The normalized spacial score (nSPS) is 21.7. The van der Waals surface area contributed by atoms with Gasteiger partial charge in [0.1, 0.15) is 0 Å². The lowest BCUT2D eigenvalue weighted by molar-refractivity contribution is 0.0781. The SMILES string of the molecule is CCCN[C@@H]1CN(C(=O)c2nn(C)c3ccccc23)C[C@@H]1C. The van der Waals surface area contributed by atoms with Crippen LogP contribution in [0.2, 0.25) is 0 Å². The van der Waals surface area contributed by atoms with E-state index in [1.807, 2.05) is 36.2 Å². The maximum absolute atomic E-state index is 12.9. The number of hydrogen-bond acceptors (Lipinski definition) is 3. The van der Waals surface area contributed by atoms with Gasteiger partial charge in [0.25, 0.3) is 5.91 Å². The van der Waals surface area contributed by atoms with Crippen molar-refractivity contribution in [2.45, 2.75) is 26.3 Å². The highest BCUT2D eigenvalue weighted by molar-refractivity contribution is 6.04. The number of aryl methyl sites for hydroxylation is 1. The average molecular weight is 300 g/mol. The molecular formula is C17H24N4O. The number of carbonyl (C=O) groups is 1. The third-order valence-corrected chi connectivity index (χ3v) is 4.52. The first kappa shape index (κ1) is 15.0. The Labute approximate surface area is 131 Å². The van der Waals surface area contributed by atoms with Gasteiger partial charge >= 0.3 is 0 Å². The molecule has 118 valence electrons. The van der Waals surface area contributed by atoms with Gasteiger partial charge in [-0.15, -0.1) is 0 Å². The van der Waals surface area contributed by atoms with E-state index in [0.29, 0.717) is 17.7 Å². The molecule has 0 radical (unpaired) electrons. The molecule has 0 saturated carbocycles. The molecule has 0 unspecified atom stereocenters. The van der Waals surface area contributed by atoms with Crippen LogP contribution in [0.5, 0.6) is 0 Å². The van der Waals surface area contributed by atoms with Crippen LogP contribution >= 0.6 is 0 Å². The van der Waals surface area contributed by atoms with Crippen LogP contribution in [-0.2, 0) is 7.05 Å². The molecule has 2 heterocycles. The van der Waals surface area contributed by atoms with Gasteiger partial charge in [-0.25, -0.2) is 0 Å². The Bertz CT molecular complexity index is 678. The van der Waals surface area contributed by atoms with Crippen LogP contribution in [0, 0.1) is 5.92 Å². The maximum atomic E-state index is 12.9. The lowest BCUT2D eigenvalue weighted by Crippen LogP contribution is -2.37. The van der Waals surface area contributed by atoms with Gasteiger partial charge in [-0.2, -0.15) is 5.10 Å². The van der Waals surface area contributed by atoms with Crippen molar-refractivity contribution in [3.05, 3.63) is 30.0 Å². The summed E-state index contributed by atoms with van der Waals surface area (Å²) in [4.78, 5) is 14.8. The van der Waals surface area contributed by atoms with Crippen molar-refractivity contribution in [1.82, 2.24) is 20.0 Å². The molecule has 1 aliphatic heterocycles. The van der Waals surface area contributed by atoms with Crippen molar-refractivity contribution in [3.8, 4) is 0 Å². The minimum atomic E-state index is 0.0458. The Balaban J connectivity index is 1.82. The summed E-state index contributed by atoms with van der Waals surface area (Å²) >= 11 is 0. The van der Waals surface area contributed by atoms with Crippen LogP contribution in [-0.4, -0.2) is 46.3 Å². The van der Waals surface area contributed by atoms with Gasteiger partial charge in [-0.3, -0.25) is 9.48 Å². The third kappa shape index (κ3) is 2.61. The quantitative estimate of drug-likeness (QED) is 0.940. The topological polar surface area (TPSA) is 50.2 Å². The summed E-state index contributed by atoms with van der Waals surface area (Å²) < 4.78 is 1.79. The van der Waals surface area contributed by atoms with Crippen LogP contribution < -0.4 is 5.32 Å². The summed E-state index contributed by atoms with van der Waals surface area (Å²) in [5.74, 6) is 0.523. The number of benzene rings is 1. The number of amides is 1. The molecule has 1 aromatic carbocycles.